The van der Waals surface area contributed by atoms with Crippen LogP contribution in [-0.2, 0) is 20.7 Å². The van der Waals surface area contributed by atoms with Crippen LogP contribution in [0, 0.1) is 23.6 Å². The first-order chi connectivity index (χ1) is 17.3. The van der Waals surface area contributed by atoms with E-state index < -0.39 is 36.0 Å². The number of nitrogens with two attached hydrogens (primary N) is 1. The maximum atomic E-state index is 14.7. The van der Waals surface area contributed by atoms with E-state index in [2.05, 4.69) is 5.32 Å². The molecule has 1 aromatic carbocycles. The molecule has 9 heteroatoms. The maximum absolute atomic E-state index is 14.7. The van der Waals surface area contributed by atoms with Gasteiger partial charge in [-0.1, -0.05) is 32.9 Å². The summed E-state index contributed by atoms with van der Waals surface area (Å²) < 4.78 is 25.7. The molecular formula is C28H41FN2O6. The number of nitrogens with one attached hydrogen (secondary N) is 1. The van der Waals surface area contributed by atoms with E-state index in [-0.39, 0.29) is 41.3 Å². The zero-order valence-corrected chi connectivity index (χ0v) is 22.6. The van der Waals surface area contributed by atoms with E-state index in [0.717, 1.165) is 5.57 Å². The Morgan fingerprint density at radius 3 is 2.51 bits per heavy atom. The lowest BCUT2D eigenvalue weighted by molar-refractivity contribution is -0.112. The molecule has 0 unspecified atom stereocenters. The molecule has 0 aliphatic carbocycles. The lowest BCUT2D eigenvalue weighted by Gasteiger charge is -2.29. The van der Waals surface area contributed by atoms with Gasteiger partial charge in [-0.3, -0.25) is 4.79 Å². The maximum Gasteiger partial charge on any atom is 0.405 e. The van der Waals surface area contributed by atoms with E-state index >= 15 is 0 Å². The minimum Gasteiger partial charge on any atom is -0.505 e. The topological polar surface area (TPSA) is 131 Å². The average Bonchev–Trinajstić information content (AvgIpc) is 2.82. The predicted octanol–water partition coefficient (Wildman–Crippen LogP) is 4.84. The van der Waals surface area contributed by atoms with Crippen molar-refractivity contribution in [1.29, 1.82) is 0 Å². The van der Waals surface area contributed by atoms with Gasteiger partial charge >= 0.3 is 6.09 Å². The third kappa shape index (κ3) is 8.57. The molecule has 0 fully saturated rings. The first-order valence-corrected chi connectivity index (χ1v) is 12.7. The quantitative estimate of drug-likeness (QED) is 0.413. The molecule has 2 rings (SSSR count). The number of aliphatic hydroxyl groups is 1. The average molecular weight is 521 g/mol. The van der Waals surface area contributed by atoms with Crippen molar-refractivity contribution in [3.63, 3.8) is 0 Å². The number of carbonyl (C=O) groups is 2. The van der Waals surface area contributed by atoms with Crippen LogP contribution >= 0.6 is 0 Å². The Bertz CT molecular complexity index is 1020. The minimum atomic E-state index is -0.886. The van der Waals surface area contributed by atoms with Gasteiger partial charge in [-0.15, -0.1) is 0 Å². The smallest absolute Gasteiger partial charge is 0.405 e. The van der Waals surface area contributed by atoms with Crippen molar-refractivity contribution < 1.29 is 33.7 Å². The summed E-state index contributed by atoms with van der Waals surface area (Å²) in [6.07, 6.45) is 2.56. The molecule has 0 radical (unpaired) electrons. The summed E-state index contributed by atoms with van der Waals surface area (Å²) in [6.45, 7) is 9.19. The van der Waals surface area contributed by atoms with Crippen LogP contribution in [0.25, 0.3) is 0 Å². The fourth-order valence-electron chi connectivity index (χ4n) is 4.89. The Morgan fingerprint density at radius 1 is 1.22 bits per heavy atom. The highest BCUT2D eigenvalue weighted by Gasteiger charge is 2.29. The van der Waals surface area contributed by atoms with Crippen LogP contribution in [-0.4, -0.2) is 47.6 Å². The standard InChI is InChI=1S/C28H41FN2O6/c1-15-10-20-13-21(14-22(32)24(20)29)31-27(34)17(3)9-7-8-16(2)26(37-28(30)35)19(5)12-18(4)25(33)23(11-15)36-6/h9,12-16,18,23,25-26,32-33H,7-8,10-11H2,1-6H3,(H2,30,35)(H,31,34)/b17-9+,19-12+/t15-,16+,18+,23+,25-,26-/m1/s1. The number of ether oxygens (including phenoxy) is 2. The number of hydrogen-bond acceptors (Lipinski definition) is 6. The molecule has 37 heavy (non-hydrogen) atoms. The number of benzene rings is 1. The number of phenolic OH excluding ortho intramolecular Hbond substituents is 1. The molecule has 0 aromatic heterocycles. The molecule has 1 aliphatic rings. The number of anilines is 1. The highest BCUT2D eigenvalue weighted by Crippen LogP contribution is 2.30. The number of rotatable bonds is 2. The molecule has 6 atom stereocenters. The number of amides is 2. The molecule has 2 bridgehead atoms. The van der Waals surface area contributed by atoms with Crippen LogP contribution in [0.4, 0.5) is 14.9 Å². The third-order valence-electron chi connectivity index (χ3n) is 6.98. The van der Waals surface area contributed by atoms with Crippen molar-refractivity contribution in [3.8, 4) is 5.75 Å². The molecule has 1 aromatic rings. The summed E-state index contributed by atoms with van der Waals surface area (Å²) >= 11 is 0. The SMILES string of the molecule is CO[C@H]1C[C@H](C)Cc2cc(cc(O)c2F)NC(=O)/C(C)=C/CC[C@H](C)[C@@H](OC(N)=O)/C(C)=C/[C@H](C)[C@H]1O. The van der Waals surface area contributed by atoms with Crippen molar-refractivity contribution in [1.82, 2.24) is 0 Å². The Labute approximate surface area is 218 Å². The summed E-state index contributed by atoms with van der Waals surface area (Å²) in [5.74, 6) is -2.21. The van der Waals surface area contributed by atoms with Gasteiger partial charge in [0.1, 0.15) is 6.10 Å². The van der Waals surface area contributed by atoms with Gasteiger partial charge < -0.3 is 30.7 Å². The second-order valence-corrected chi connectivity index (χ2v) is 10.3. The number of fused-ring (bicyclic) bond motifs is 2. The Hall–Kier alpha value is -2.91. The summed E-state index contributed by atoms with van der Waals surface area (Å²) in [5, 5.41) is 23.9. The number of aliphatic hydroxyl groups excluding tert-OH is 1. The van der Waals surface area contributed by atoms with Crippen molar-refractivity contribution in [2.75, 3.05) is 12.4 Å². The number of phenols is 1. The van der Waals surface area contributed by atoms with E-state index in [1.165, 1.54) is 19.2 Å². The molecule has 0 spiro atoms. The van der Waals surface area contributed by atoms with Gasteiger partial charge in [-0.2, -0.15) is 0 Å². The van der Waals surface area contributed by atoms with E-state index in [4.69, 9.17) is 15.2 Å². The van der Waals surface area contributed by atoms with Gasteiger partial charge in [0.25, 0.3) is 5.91 Å². The molecule has 206 valence electrons. The number of halogens is 1. The summed E-state index contributed by atoms with van der Waals surface area (Å²) in [5.41, 5.74) is 7.10. The third-order valence-corrected chi connectivity index (χ3v) is 6.98. The van der Waals surface area contributed by atoms with E-state index in [1.807, 2.05) is 33.8 Å². The van der Waals surface area contributed by atoms with Crippen LogP contribution in [0.3, 0.4) is 0 Å². The van der Waals surface area contributed by atoms with Crippen LogP contribution in [0.15, 0.2) is 35.4 Å². The zero-order valence-electron chi connectivity index (χ0n) is 22.6. The molecule has 5 N–H and O–H groups in total. The largest absolute Gasteiger partial charge is 0.505 e. The number of aromatic hydroxyl groups is 1. The number of methoxy groups -OCH3 is 1. The lowest BCUT2D eigenvalue weighted by Crippen LogP contribution is -2.35. The lowest BCUT2D eigenvalue weighted by atomic mass is 9.87. The second kappa shape index (κ2) is 13.6. The Balaban J connectivity index is 2.47. The summed E-state index contributed by atoms with van der Waals surface area (Å²) in [7, 11) is 1.51. The van der Waals surface area contributed by atoms with Crippen LogP contribution in [0.2, 0.25) is 0 Å². The summed E-state index contributed by atoms with van der Waals surface area (Å²) in [6, 6.07) is 2.70. The highest BCUT2D eigenvalue weighted by atomic mass is 19.1. The van der Waals surface area contributed by atoms with E-state index in [9.17, 15) is 24.2 Å². The molecule has 0 saturated heterocycles. The molecule has 1 heterocycles. The molecular weight excluding hydrogens is 479 g/mol. The van der Waals surface area contributed by atoms with E-state index in [1.54, 1.807) is 13.0 Å². The fraction of sp³-hybridized carbons (Fsp3) is 0.571. The van der Waals surface area contributed by atoms with Crippen molar-refractivity contribution in [3.05, 3.63) is 46.8 Å². The van der Waals surface area contributed by atoms with Gasteiger partial charge in [0, 0.05) is 30.4 Å². The van der Waals surface area contributed by atoms with Crippen LogP contribution in [0.1, 0.15) is 59.4 Å². The predicted molar refractivity (Wildman–Crippen MR) is 141 cm³/mol. The first-order valence-electron chi connectivity index (χ1n) is 12.7. The number of primary amides is 1. The van der Waals surface area contributed by atoms with Crippen molar-refractivity contribution >= 4 is 17.7 Å². The van der Waals surface area contributed by atoms with Crippen molar-refractivity contribution in [2.24, 2.45) is 23.5 Å². The zero-order chi connectivity index (χ0) is 27.9. The molecule has 0 saturated carbocycles. The van der Waals surface area contributed by atoms with Crippen LogP contribution in [0.5, 0.6) is 5.75 Å². The Kier molecular flexibility index (Phi) is 11.1. The fourth-order valence-corrected chi connectivity index (χ4v) is 4.89. The first kappa shape index (κ1) is 30.3. The Morgan fingerprint density at radius 2 is 1.89 bits per heavy atom. The van der Waals surface area contributed by atoms with Crippen molar-refractivity contribution in [2.45, 2.75) is 78.6 Å². The van der Waals surface area contributed by atoms with Gasteiger partial charge in [-0.05, 0) is 68.6 Å². The number of carbonyl (C=O) groups excluding carboxylic acids is 2. The second-order valence-electron chi connectivity index (χ2n) is 10.3. The number of hydrogen-bond donors (Lipinski definition) is 4. The minimum absolute atomic E-state index is 0.114. The monoisotopic (exact) mass is 520 g/mol. The van der Waals surface area contributed by atoms with Gasteiger partial charge in [0.2, 0.25) is 0 Å². The normalized spacial score (nSPS) is 31.4. The molecule has 8 nitrogen and oxygen atoms in total. The van der Waals surface area contributed by atoms with Gasteiger partial charge in [0.15, 0.2) is 11.6 Å². The van der Waals surface area contributed by atoms with E-state index in [0.29, 0.717) is 24.8 Å². The number of allylic oxidation sites excluding steroid dienone is 1. The molecule has 1 aliphatic heterocycles. The van der Waals surface area contributed by atoms with Gasteiger partial charge in [-0.25, -0.2) is 9.18 Å². The van der Waals surface area contributed by atoms with Crippen LogP contribution < -0.4 is 11.1 Å². The molecule has 2 amide bonds. The highest BCUT2D eigenvalue weighted by molar-refractivity contribution is 6.03. The summed E-state index contributed by atoms with van der Waals surface area (Å²) in [4.78, 5) is 24.3. The van der Waals surface area contributed by atoms with Gasteiger partial charge in [0.05, 0.1) is 12.2 Å².